The van der Waals surface area contributed by atoms with Crippen molar-refractivity contribution in [3.05, 3.63) is 11.6 Å². The van der Waals surface area contributed by atoms with Crippen molar-refractivity contribution in [1.29, 1.82) is 0 Å². The third-order valence-electron chi connectivity index (χ3n) is 7.47. The Bertz CT molecular complexity index is 1310. The number of aromatic nitrogens is 4. The maximum atomic E-state index is 12.2. The molecule has 0 amide bonds. The summed E-state index contributed by atoms with van der Waals surface area (Å²) in [6.07, 6.45) is -3.15. The fourth-order valence-corrected chi connectivity index (χ4v) is 9.27. The molecule has 15 nitrogen and oxygen atoms in total. The van der Waals surface area contributed by atoms with Gasteiger partial charge in [-0.25, -0.2) is 4.98 Å². The monoisotopic (exact) mass is 565 g/mol. The summed E-state index contributed by atoms with van der Waals surface area (Å²) in [4.78, 5) is 45.6. The van der Waals surface area contributed by atoms with Gasteiger partial charge in [-0.3, -0.25) is 23.5 Å². The minimum absolute atomic E-state index is 0.0447. The Kier molecular flexibility index (Phi) is 5.84. The topological polar surface area (TPSA) is 206 Å². The number of hydrogen-bond acceptors (Lipinski definition) is 11. The van der Waals surface area contributed by atoms with Crippen LogP contribution in [0.3, 0.4) is 0 Å². The summed E-state index contributed by atoms with van der Waals surface area (Å²) in [6.45, 7) is 2.91. The SMILES string of the molecule is O=P(O)(O)CP(=O)(O)CC[C@H]1O[C@@H](n2cnc3c(NC4CN5CCC56CN46)nc(Cl)nc32)C(O)C1O. The molecule has 6 heterocycles. The van der Waals surface area contributed by atoms with E-state index >= 15 is 0 Å². The van der Waals surface area contributed by atoms with Gasteiger partial charge in [0, 0.05) is 25.8 Å². The molecule has 36 heavy (non-hydrogen) atoms. The first kappa shape index (κ1) is 25.1. The van der Waals surface area contributed by atoms with Crippen LogP contribution < -0.4 is 5.32 Å². The molecule has 6 unspecified atom stereocenters. The summed E-state index contributed by atoms with van der Waals surface area (Å²) < 4.78 is 30.5. The van der Waals surface area contributed by atoms with Gasteiger partial charge in [0.25, 0.3) is 0 Å². The number of fused-ring (bicyclic) bond motifs is 1. The van der Waals surface area contributed by atoms with E-state index in [2.05, 4.69) is 30.1 Å². The quantitative estimate of drug-likeness (QED) is 0.134. The van der Waals surface area contributed by atoms with Crippen LogP contribution in [0, 0.1) is 0 Å². The van der Waals surface area contributed by atoms with Crippen LogP contribution in [0.15, 0.2) is 6.33 Å². The molecule has 6 rings (SSSR count). The lowest BCUT2D eigenvalue weighted by atomic mass is 10.1. The van der Waals surface area contributed by atoms with Crippen LogP contribution in [0.1, 0.15) is 19.1 Å². The molecule has 198 valence electrons. The third-order valence-corrected chi connectivity index (χ3v) is 11.8. The van der Waals surface area contributed by atoms with Crippen molar-refractivity contribution >= 4 is 43.5 Å². The van der Waals surface area contributed by atoms with E-state index in [0.29, 0.717) is 11.3 Å². The van der Waals surface area contributed by atoms with Gasteiger partial charge in [-0.2, -0.15) is 9.97 Å². The highest BCUT2D eigenvalue weighted by Crippen LogP contribution is 2.55. The number of hydrogen-bond donors (Lipinski definition) is 6. The highest BCUT2D eigenvalue weighted by molar-refractivity contribution is 7.72. The zero-order chi connectivity index (χ0) is 25.6. The molecule has 2 aromatic rings. The Balaban J connectivity index is 1.20. The molecule has 6 N–H and O–H groups in total. The number of anilines is 1. The molecule has 4 aliphatic rings. The Morgan fingerprint density at radius 3 is 2.61 bits per heavy atom. The summed E-state index contributed by atoms with van der Waals surface area (Å²) in [5, 5.41) is 24.5. The highest BCUT2D eigenvalue weighted by Gasteiger charge is 2.69. The Labute approximate surface area is 209 Å². The lowest BCUT2D eigenvalue weighted by Crippen LogP contribution is -2.49. The molecule has 4 aliphatic heterocycles. The van der Waals surface area contributed by atoms with Gasteiger partial charge >= 0.3 is 7.60 Å². The third kappa shape index (κ3) is 4.20. The molecule has 4 saturated heterocycles. The zero-order valence-corrected chi connectivity index (χ0v) is 21.4. The summed E-state index contributed by atoms with van der Waals surface area (Å²) in [6, 6.07) is 0. The van der Waals surface area contributed by atoms with Crippen LogP contribution in [-0.4, -0.2) is 116 Å². The standard InChI is InChI=1S/C18H26ClN7O8P2/c19-17-22-14(21-10-5-24-3-2-18(24)6-26(10)18)11-15(23-17)25(7-20-11)16-13(28)12(27)9(34-16)1-4-35(29,30)8-36(31,32)33/h7,9-10,12-13,16,27-28H,1-6,8H2,(H,29,30)(H,21,22,23)(H2,31,32,33)/t9-,10?,12?,13?,16-,18?,26?/m1/s1. The lowest BCUT2D eigenvalue weighted by molar-refractivity contribution is -0.0354. The van der Waals surface area contributed by atoms with E-state index in [1.165, 1.54) is 10.9 Å². The highest BCUT2D eigenvalue weighted by atomic mass is 35.5. The van der Waals surface area contributed by atoms with E-state index < -0.39 is 51.6 Å². The Morgan fingerprint density at radius 2 is 2.00 bits per heavy atom. The van der Waals surface area contributed by atoms with Gasteiger partial charge in [-0.1, -0.05) is 0 Å². The van der Waals surface area contributed by atoms with Crippen molar-refractivity contribution in [1.82, 2.24) is 29.3 Å². The van der Waals surface area contributed by atoms with Crippen molar-refractivity contribution in [3.8, 4) is 0 Å². The lowest BCUT2D eigenvalue weighted by Gasteiger charge is -2.36. The molecule has 18 heteroatoms. The van der Waals surface area contributed by atoms with Gasteiger partial charge in [0.05, 0.1) is 24.3 Å². The molecule has 2 aromatic heterocycles. The second kappa shape index (κ2) is 8.39. The van der Waals surface area contributed by atoms with Gasteiger partial charge in [0.15, 0.2) is 23.2 Å². The molecule has 0 bridgehead atoms. The second-order valence-corrected chi connectivity index (χ2v) is 14.8. The molecular weight excluding hydrogens is 540 g/mol. The summed E-state index contributed by atoms with van der Waals surface area (Å²) >= 11 is 6.20. The van der Waals surface area contributed by atoms with Crippen molar-refractivity contribution in [2.75, 3.05) is 37.0 Å². The van der Waals surface area contributed by atoms with Crippen LogP contribution in [0.25, 0.3) is 11.2 Å². The fourth-order valence-electron chi connectivity index (χ4n) is 5.58. The smallest absolute Gasteiger partial charge is 0.335 e. The van der Waals surface area contributed by atoms with Gasteiger partial charge in [0.1, 0.15) is 18.1 Å². The minimum atomic E-state index is -4.70. The van der Waals surface area contributed by atoms with E-state index in [9.17, 15) is 24.2 Å². The van der Waals surface area contributed by atoms with Gasteiger partial charge in [0.2, 0.25) is 12.7 Å². The molecule has 0 saturated carbocycles. The normalized spacial score (nSPS) is 37.4. The van der Waals surface area contributed by atoms with Crippen molar-refractivity contribution < 1.29 is 38.8 Å². The molecule has 4 fully saturated rings. The molecule has 0 aliphatic carbocycles. The van der Waals surface area contributed by atoms with Crippen molar-refractivity contribution in [2.24, 2.45) is 0 Å². The molecule has 8 atom stereocenters. The molecule has 0 radical (unpaired) electrons. The van der Waals surface area contributed by atoms with E-state index in [0.717, 1.165) is 26.1 Å². The van der Waals surface area contributed by atoms with Crippen LogP contribution in [0.2, 0.25) is 5.28 Å². The van der Waals surface area contributed by atoms with Crippen LogP contribution in [-0.2, 0) is 13.9 Å². The predicted octanol–water partition coefficient (Wildman–Crippen LogP) is -0.636. The van der Waals surface area contributed by atoms with E-state index in [1.54, 1.807) is 0 Å². The molecule has 0 aromatic carbocycles. The van der Waals surface area contributed by atoms with Crippen molar-refractivity contribution in [3.63, 3.8) is 0 Å². The van der Waals surface area contributed by atoms with Crippen LogP contribution in [0.5, 0.6) is 0 Å². The number of nitrogens with zero attached hydrogens (tertiary/aromatic N) is 6. The molecular formula is C18H26ClN7O8P2. The summed E-state index contributed by atoms with van der Waals surface area (Å²) in [7, 11) is -8.87. The Morgan fingerprint density at radius 1 is 1.22 bits per heavy atom. The average Bonchev–Trinajstić information content (AvgIpc) is 3.25. The van der Waals surface area contributed by atoms with E-state index in [4.69, 9.17) is 26.1 Å². The first-order valence-corrected chi connectivity index (χ1v) is 15.6. The zero-order valence-electron chi connectivity index (χ0n) is 18.8. The first-order chi connectivity index (χ1) is 16.9. The maximum Gasteiger partial charge on any atom is 0.335 e. The minimum Gasteiger partial charge on any atom is -0.388 e. The van der Waals surface area contributed by atoms with Crippen molar-refractivity contribution in [2.45, 2.75) is 49.2 Å². The average molecular weight is 566 g/mol. The largest absolute Gasteiger partial charge is 0.388 e. The number of imidazole rings is 1. The number of aliphatic hydroxyl groups excluding tert-OH is 2. The number of rotatable bonds is 8. The maximum absolute atomic E-state index is 12.2. The Hall–Kier alpha value is -1.22. The van der Waals surface area contributed by atoms with Gasteiger partial charge in [-0.05, 0) is 24.4 Å². The van der Waals surface area contributed by atoms with Crippen LogP contribution >= 0.6 is 26.6 Å². The van der Waals surface area contributed by atoms with Gasteiger partial charge < -0.3 is 34.9 Å². The second-order valence-electron chi connectivity index (χ2n) is 9.84. The number of aliphatic hydroxyl groups is 2. The number of halogens is 1. The van der Waals surface area contributed by atoms with E-state index in [1.807, 2.05) is 0 Å². The van der Waals surface area contributed by atoms with Crippen LogP contribution in [0.4, 0.5) is 5.82 Å². The van der Waals surface area contributed by atoms with E-state index in [-0.39, 0.29) is 29.2 Å². The predicted molar refractivity (Wildman–Crippen MR) is 126 cm³/mol. The number of nitrogens with one attached hydrogen (secondary N) is 1. The van der Waals surface area contributed by atoms with Gasteiger partial charge in [-0.15, -0.1) is 0 Å². The first-order valence-electron chi connectivity index (χ1n) is 11.4. The fraction of sp³-hybridized carbons (Fsp3) is 0.722. The number of ether oxygens (including phenoxy) is 1. The number of piperazine rings is 1. The molecule has 1 spiro atoms. The summed E-state index contributed by atoms with van der Waals surface area (Å²) in [5.41, 5.74) is 0.856. The summed E-state index contributed by atoms with van der Waals surface area (Å²) in [5.74, 6) is -0.731.